The average Bonchev–Trinajstić information content (AvgIpc) is 3.08. The van der Waals surface area contributed by atoms with Crippen LogP contribution >= 0.6 is 11.6 Å². The van der Waals surface area contributed by atoms with Crippen molar-refractivity contribution in [2.24, 2.45) is 17.3 Å². The normalized spacial score (nSPS) is 20.7. The number of ketones is 1. The van der Waals surface area contributed by atoms with Gasteiger partial charge in [0, 0.05) is 40.7 Å². The fraction of sp³-hybridized carbons (Fsp3) is 0.424. The van der Waals surface area contributed by atoms with Gasteiger partial charge in [-0.2, -0.15) is 0 Å². The van der Waals surface area contributed by atoms with Gasteiger partial charge in [0.05, 0.1) is 13.0 Å². The molecule has 0 aromatic heterocycles. The van der Waals surface area contributed by atoms with E-state index in [4.69, 9.17) is 26.2 Å². The summed E-state index contributed by atoms with van der Waals surface area (Å²) in [7, 11) is 1.67. The average molecular weight is 595 g/mol. The summed E-state index contributed by atoms with van der Waals surface area (Å²) in [5.41, 5.74) is 2.68. The van der Waals surface area contributed by atoms with E-state index in [0.29, 0.717) is 31.1 Å². The second kappa shape index (κ2) is 13.2. The zero-order valence-corrected chi connectivity index (χ0v) is 25.5. The van der Waals surface area contributed by atoms with E-state index < -0.39 is 18.0 Å². The lowest BCUT2D eigenvalue weighted by Gasteiger charge is -2.30. The van der Waals surface area contributed by atoms with Crippen molar-refractivity contribution in [3.63, 3.8) is 0 Å². The first-order valence-electron chi connectivity index (χ1n) is 14.1. The molecule has 3 atom stereocenters. The summed E-state index contributed by atoms with van der Waals surface area (Å²) in [5, 5.41) is 14.4. The molecule has 224 valence electrons. The first-order chi connectivity index (χ1) is 19.9. The van der Waals surface area contributed by atoms with Gasteiger partial charge in [-0.15, -0.1) is 0 Å². The highest BCUT2D eigenvalue weighted by molar-refractivity contribution is 6.30. The van der Waals surface area contributed by atoms with Crippen LogP contribution in [0, 0.1) is 17.3 Å². The maximum absolute atomic E-state index is 13.0. The molecule has 2 N–H and O–H groups in total. The van der Waals surface area contributed by atoms with E-state index in [1.807, 2.05) is 53.4 Å². The third-order valence-corrected chi connectivity index (χ3v) is 7.85. The predicted molar refractivity (Wildman–Crippen MR) is 164 cm³/mol. The number of halogens is 1. The molecule has 5 rings (SSSR count). The Morgan fingerprint density at radius 2 is 1.79 bits per heavy atom. The van der Waals surface area contributed by atoms with Crippen LogP contribution in [0.4, 0.5) is 5.69 Å². The van der Waals surface area contributed by atoms with Crippen molar-refractivity contribution in [1.82, 2.24) is 5.32 Å². The Morgan fingerprint density at radius 3 is 2.40 bits per heavy atom. The molecule has 0 bridgehead atoms. The summed E-state index contributed by atoms with van der Waals surface area (Å²) in [6.45, 7) is 9.62. The number of amides is 1. The van der Waals surface area contributed by atoms with Gasteiger partial charge in [-0.25, -0.2) is 0 Å². The Bertz CT molecular complexity index is 1440. The van der Waals surface area contributed by atoms with Crippen molar-refractivity contribution >= 4 is 45.7 Å². The number of carbonyl (C=O) groups excluding carboxylic acids is 2. The second-order valence-electron chi connectivity index (χ2n) is 12.0. The Morgan fingerprint density at radius 1 is 1.07 bits per heavy atom. The molecular formula is C33H39ClN2O6. The number of nitrogens with zero attached hydrogens (tertiary/aromatic N) is 1. The SMILES string of the molecule is CC(=O)[C@H]1CNCC[C@@H]1C(=O)O.COc1ccc(C2OCC(=O)N(CC(C)(C)C)c3ccc(Cl)cc32)c2ccccc12. The molecule has 1 saturated heterocycles. The Kier molecular flexibility index (Phi) is 9.92. The van der Waals surface area contributed by atoms with E-state index in [1.165, 1.54) is 6.92 Å². The van der Waals surface area contributed by atoms with Crippen LogP contribution < -0.4 is 15.0 Å². The van der Waals surface area contributed by atoms with Crippen molar-refractivity contribution < 1.29 is 29.0 Å². The maximum Gasteiger partial charge on any atom is 0.307 e. The smallest absolute Gasteiger partial charge is 0.307 e. The molecule has 1 unspecified atom stereocenters. The lowest BCUT2D eigenvalue weighted by molar-refractivity contribution is -0.147. The number of piperidine rings is 1. The van der Waals surface area contributed by atoms with Crippen LogP contribution in [0.25, 0.3) is 10.8 Å². The van der Waals surface area contributed by atoms with Crippen molar-refractivity contribution in [2.75, 3.05) is 38.3 Å². The molecule has 9 heteroatoms. The first-order valence-corrected chi connectivity index (χ1v) is 14.5. The molecule has 3 aromatic rings. The van der Waals surface area contributed by atoms with Gasteiger partial charge >= 0.3 is 5.97 Å². The molecule has 8 nitrogen and oxygen atoms in total. The standard InChI is InChI=1S/C25H26ClNO3.C8H13NO3/c1-25(2,3)15-27-21-11-9-16(26)13-20(21)24(30-14-23(27)28)19-10-12-22(29-4)18-8-6-5-7-17(18)19;1-5(10)7-4-9-3-2-6(7)8(11)12/h5-13,24H,14-15H2,1-4H3;6-7,9H,2-4H2,1H3,(H,11,12)/t;6-,7+/m.0/s1. The number of methoxy groups -OCH3 is 1. The molecule has 1 fully saturated rings. The minimum atomic E-state index is -0.850. The fourth-order valence-corrected chi connectivity index (χ4v) is 5.81. The number of nitrogens with one attached hydrogen (secondary N) is 1. The number of Topliss-reactive ketones (excluding diaryl/α,β-unsaturated/α-hetero) is 1. The molecule has 0 spiro atoms. The quantitative estimate of drug-likeness (QED) is 0.380. The van der Waals surface area contributed by atoms with E-state index >= 15 is 0 Å². The topological polar surface area (TPSA) is 105 Å². The van der Waals surface area contributed by atoms with Gasteiger partial charge in [-0.05, 0) is 60.5 Å². The summed E-state index contributed by atoms with van der Waals surface area (Å²) < 4.78 is 11.8. The van der Waals surface area contributed by atoms with Crippen LogP contribution in [-0.4, -0.2) is 56.1 Å². The van der Waals surface area contributed by atoms with E-state index in [2.05, 4.69) is 32.2 Å². The Hall–Kier alpha value is -3.46. The van der Waals surface area contributed by atoms with E-state index in [1.54, 1.807) is 7.11 Å². The minimum Gasteiger partial charge on any atom is -0.496 e. The van der Waals surface area contributed by atoms with Crippen LogP contribution in [0.15, 0.2) is 54.6 Å². The molecule has 0 radical (unpaired) electrons. The lowest BCUT2D eigenvalue weighted by atomic mass is 9.84. The van der Waals surface area contributed by atoms with Gasteiger partial charge in [0.25, 0.3) is 5.91 Å². The molecule has 0 aliphatic carbocycles. The fourth-order valence-electron chi connectivity index (χ4n) is 5.63. The molecule has 42 heavy (non-hydrogen) atoms. The van der Waals surface area contributed by atoms with Crippen LogP contribution in [0.1, 0.15) is 51.3 Å². The van der Waals surface area contributed by atoms with Gasteiger partial charge in [0.15, 0.2) is 0 Å². The van der Waals surface area contributed by atoms with Gasteiger partial charge in [-0.3, -0.25) is 14.4 Å². The highest BCUT2D eigenvalue weighted by atomic mass is 35.5. The van der Waals surface area contributed by atoms with Crippen LogP contribution in [0.2, 0.25) is 5.02 Å². The minimum absolute atomic E-state index is 0.00734. The number of aliphatic carboxylic acids is 1. The van der Waals surface area contributed by atoms with Crippen molar-refractivity contribution in [3.8, 4) is 5.75 Å². The predicted octanol–water partition coefficient (Wildman–Crippen LogP) is 5.89. The highest BCUT2D eigenvalue weighted by Gasteiger charge is 2.34. The van der Waals surface area contributed by atoms with Crippen LogP contribution in [0.3, 0.4) is 0 Å². The van der Waals surface area contributed by atoms with Gasteiger partial charge < -0.3 is 24.8 Å². The van der Waals surface area contributed by atoms with Crippen molar-refractivity contribution in [2.45, 2.75) is 40.2 Å². The number of rotatable bonds is 5. The number of hydrogen-bond donors (Lipinski definition) is 2. The van der Waals surface area contributed by atoms with Gasteiger partial charge in [0.1, 0.15) is 24.2 Å². The molecule has 2 aliphatic heterocycles. The number of fused-ring (bicyclic) bond motifs is 2. The molecule has 2 aliphatic rings. The number of carboxylic acids is 1. The zero-order chi connectivity index (χ0) is 30.6. The van der Waals surface area contributed by atoms with Crippen LogP contribution in [0.5, 0.6) is 5.75 Å². The summed E-state index contributed by atoms with van der Waals surface area (Å²) in [6, 6.07) is 17.7. The first kappa shape index (κ1) is 31.5. The Balaban J connectivity index is 0.000000283. The Labute approximate surface area is 251 Å². The molecule has 1 amide bonds. The third-order valence-electron chi connectivity index (χ3n) is 7.61. The molecular weight excluding hydrogens is 556 g/mol. The van der Waals surface area contributed by atoms with Crippen LogP contribution in [-0.2, 0) is 19.1 Å². The third kappa shape index (κ3) is 7.12. The van der Waals surface area contributed by atoms with E-state index in [9.17, 15) is 14.4 Å². The van der Waals surface area contributed by atoms with Gasteiger partial charge in [-0.1, -0.05) is 62.7 Å². The second-order valence-corrected chi connectivity index (χ2v) is 12.4. The lowest BCUT2D eigenvalue weighted by Crippen LogP contribution is -2.43. The zero-order valence-electron chi connectivity index (χ0n) is 24.8. The number of ether oxygens (including phenoxy) is 2. The number of benzene rings is 3. The highest BCUT2D eigenvalue weighted by Crippen LogP contribution is 2.42. The van der Waals surface area contributed by atoms with Gasteiger partial charge in [0.2, 0.25) is 0 Å². The maximum atomic E-state index is 13.0. The van der Waals surface area contributed by atoms with Crippen molar-refractivity contribution in [1.29, 1.82) is 0 Å². The summed E-state index contributed by atoms with van der Waals surface area (Å²) in [6.07, 6.45) is 0.142. The largest absolute Gasteiger partial charge is 0.496 e. The number of carbonyl (C=O) groups is 3. The monoisotopic (exact) mass is 594 g/mol. The summed E-state index contributed by atoms with van der Waals surface area (Å²) in [5.74, 6) is -0.945. The molecule has 2 heterocycles. The molecule has 3 aromatic carbocycles. The summed E-state index contributed by atoms with van der Waals surface area (Å²) >= 11 is 6.39. The number of anilines is 1. The number of carboxylic acid groups (broad SMARTS) is 1. The number of hydrogen-bond acceptors (Lipinski definition) is 6. The van der Waals surface area contributed by atoms with E-state index in [0.717, 1.165) is 33.3 Å². The molecule has 0 saturated carbocycles. The van der Waals surface area contributed by atoms with E-state index in [-0.39, 0.29) is 29.6 Å². The van der Waals surface area contributed by atoms with Crippen molar-refractivity contribution in [3.05, 3.63) is 70.7 Å². The summed E-state index contributed by atoms with van der Waals surface area (Å²) in [4.78, 5) is 36.6.